The molecule has 0 saturated carbocycles. The molecule has 1 aliphatic rings. The Morgan fingerprint density at radius 1 is 1.29 bits per heavy atom. The third-order valence-corrected chi connectivity index (χ3v) is 4.69. The van der Waals surface area contributed by atoms with Crippen LogP contribution in [0.3, 0.4) is 0 Å². The fraction of sp³-hybridized carbons (Fsp3) is 0.350. The molecule has 0 unspecified atom stereocenters. The number of pyridine rings is 1. The number of ether oxygens (including phenoxy) is 1. The van der Waals surface area contributed by atoms with E-state index in [9.17, 15) is 4.79 Å². The van der Waals surface area contributed by atoms with Crippen molar-refractivity contribution in [2.45, 2.75) is 32.8 Å². The molecule has 4 heterocycles. The molecule has 1 fully saturated rings. The molecule has 8 heteroatoms. The topological polar surface area (TPSA) is 93.6 Å². The number of aryl methyl sites for hydroxylation is 1. The molecule has 3 aromatic heterocycles. The van der Waals surface area contributed by atoms with Crippen LogP contribution in [-0.2, 0) is 6.61 Å². The Bertz CT molecular complexity index is 929. The van der Waals surface area contributed by atoms with E-state index in [4.69, 9.17) is 13.7 Å². The van der Waals surface area contributed by atoms with Crippen LogP contribution in [0, 0.1) is 6.92 Å². The number of hydrogen-bond acceptors (Lipinski definition) is 7. The van der Waals surface area contributed by atoms with Crippen molar-refractivity contribution < 1.29 is 18.5 Å². The van der Waals surface area contributed by atoms with Crippen molar-refractivity contribution in [3.05, 3.63) is 53.8 Å². The fourth-order valence-corrected chi connectivity index (χ4v) is 3.14. The number of aromatic nitrogens is 2. The van der Waals surface area contributed by atoms with Gasteiger partial charge in [-0.05, 0) is 31.9 Å². The molecule has 8 nitrogen and oxygen atoms in total. The largest absolute Gasteiger partial charge is 0.485 e. The lowest BCUT2D eigenvalue weighted by Crippen LogP contribution is -2.44. The highest BCUT2D eigenvalue weighted by atomic mass is 16.5. The average Bonchev–Trinajstić information content (AvgIpc) is 3.34. The quantitative estimate of drug-likeness (QED) is 0.699. The van der Waals surface area contributed by atoms with E-state index in [2.05, 4.69) is 15.6 Å². The molecule has 28 heavy (non-hydrogen) atoms. The lowest BCUT2D eigenvalue weighted by molar-refractivity contribution is 0.0721. The monoisotopic (exact) mass is 382 g/mol. The number of hydrazine groups is 1. The van der Waals surface area contributed by atoms with Gasteiger partial charge in [0, 0.05) is 25.4 Å². The predicted octanol–water partition coefficient (Wildman–Crippen LogP) is 3.35. The fourth-order valence-electron chi connectivity index (χ4n) is 3.14. The van der Waals surface area contributed by atoms with Crippen LogP contribution in [0.2, 0.25) is 0 Å². The number of nitrogens with zero attached hydrogens (tertiary/aromatic N) is 3. The van der Waals surface area contributed by atoms with Crippen LogP contribution < -0.4 is 10.2 Å². The summed E-state index contributed by atoms with van der Waals surface area (Å²) in [6.45, 7) is 3.77. The van der Waals surface area contributed by atoms with E-state index in [0.29, 0.717) is 22.9 Å². The van der Waals surface area contributed by atoms with Crippen molar-refractivity contribution in [3.8, 4) is 17.1 Å². The van der Waals surface area contributed by atoms with Crippen molar-refractivity contribution in [3.63, 3.8) is 0 Å². The van der Waals surface area contributed by atoms with E-state index >= 15 is 0 Å². The minimum Gasteiger partial charge on any atom is -0.485 e. The van der Waals surface area contributed by atoms with Gasteiger partial charge in [0.25, 0.3) is 0 Å². The summed E-state index contributed by atoms with van der Waals surface area (Å²) >= 11 is 0. The summed E-state index contributed by atoms with van der Waals surface area (Å²) in [5.41, 5.74) is 5.03. The molecule has 0 aliphatic carbocycles. The smallest absolute Gasteiger partial charge is 0.301 e. The molecule has 0 spiro atoms. The van der Waals surface area contributed by atoms with Crippen molar-refractivity contribution in [2.75, 3.05) is 13.1 Å². The van der Waals surface area contributed by atoms with Crippen molar-refractivity contribution >= 4 is 5.91 Å². The maximum Gasteiger partial charge on any atom is 0.301 e. The van der Waals surface area contributed by atoms with Crippen LogP contribution >= 0.6 is 0 Å². The molecule has 0 bridgehead atoms. The molecule has 0 radical (unpaired) electrons. The van der Waals surface area contributed by atoms with Crippen LogP contribution in [-0.4, -0.2) is 34.1 Å². The average molecular weight is 382 g/mol. The van der Waals surface area contributed by atoms with Gasteiger partial charge in [0.05, 0.1) is 11.3 Å². The molecule has 1 N–H and O–H groups in total. The molecule has 4 rings (SSSR count). The Morgan fingerprint density at radius 2 is 2.14 bits per heavy atom. The Labute approximate surface area is 162 Å². The second-order valence-electron chi connectivity index (χ2n) is 6.70. The summed E-state index contributed by atoms with van der Waals surface area (Å²) in [6.07, 6.45) is 6.50. The molecule has 146 valence electrons. The standard InChI is InChI=1S/C20H22N4O4/c1-14-16(19(23-28-14)17-7-3-4-8-21-17)13-26-15-11-18(27-12-15)20(25)22-24-9-5-2-6-10-24/h3-4,7-8,11-12H,2,5-6,9-10,13H2,1H3,(H,22,25). The van der Waals surface area contributed by atoms with Gasteiger partial charge in [0.2, 0.25) is 0 Å². The number of carbonyl (C=O) groups excluding carboxylic acids is 1. The van der Waals surface area contributed by atoms with Crippen LogP contribution in [0.4, 0.5) is 0 Å². The first-order chi connectivity index (χ1) is 13.7. The van der Waals surface area contributed by atoms with Crippen LogP contribution in [0.5, 0.6) is 5.75 Å². The number of carbonyl (C=O) groups is 1. The number of hydrogen-bond donors (Lipinski definition) is 1. The van der Waals surface area contributed by atoms with Crippen LogP contribution in [0.15, 0.2) is 45.7 Å². The van der Waals surface area contributed by atoms with Gasteiger partial charge in [-0.2, -0.15) is 0 Å². The van der Waals surface area contributed by atoms with Gasteiger partial charge in [0.1, 0.15) is 24.3 Å². The zero-order valence-electron chi connectivity index (χ0n) is 15.7. The minimum atomic E-state index is -0.271. The van der Waals surface area contributed by atoms with Gasteiger partial charge in [-0.1, -0.05) is 17.6 Å². The Balaban J connectivity index is 1.40. The Morgan fingerprint density at radius 3 is 2.93 bits per heavy atom. The number of rotatable bonds is 6. The zero-order chi connectivity index (χ0) is 19.3. The van der Waals surface area contributed by atoms with Gasteiger partial charge >= 0.3 is 5.91 Å². The molecule has 0 atom stereocenters. The number of amides is 1. The summed E-state index contributed by atoms with van der Waals surface area (Å²) in [6, 6.07) is 7.18. The summed E-state index contributed by atoms with van der Waals surface area (Å²) in [5.74, 6) is 1.07. The zero-order valence-corrected chi connectivity index (χ0v) is 15.7. The lowest BCUT2D eigenvalue weighted by atomic mass is 10.1. The minimum absolute atomic E-state index is 0.215. The molecule has 1 amide bonds. The lowest BCUT2D eigenvalue weighted by Gasteiger charge is -2.26. The molecule has 1 saturated heterocycles. The maximum absolute atomic E-state index is 12.3. The van der Waals surface area contributed by atoms with E-state index in [1.807, 2.05) is 30.1 Å². The van der Waals surface area contributed by atoms with E-state index < -0.39 is 0 Å². The van der Waals surface area contributed by atoms with Gasteiger partial charge < -0.3 is 13.7 Å². The van der Waals surface area contributed by atoms with Crippen LogP contribution in [0.25, 0.3) is 11.4 Å². The summed E-state index contributed by atoms with van der Waals surface area (Å²) < 4.78 is 16.5. The van der Waals surface area contributed by atoms with E-state index in [1.165, 1.54) is 12.7 Å². The van der Waals surface area contributed by atoms with Crippen LogP contribution in [0.1, 0.15) is 41.1 Å². The third kappa shape index (κ3) is 4.07. The van der Waals surface area contributed by atoms with Gasteiger partial charge in [-0.15, -0.1) is 0 Å². The van der Waals surface area contributed by atoms with E-state index in [-0.39, 0.29) is 18.3 Å². The number of nitrogens with one attached hydrogen (secondary N) is 1. The van der Waals surface area contributed by atoms with Crippen molar-refractivity contribution in [1.82, 2.24) is 20.6 Å². The highest BCUT2D eigenvalue weighted by molar-refractivity contribution is 5.91. The predicted molar refractivity (Wildman–Crippen MR) is 100 cm³/mol. The first-order valence-corrected chi connectivity index (χ1v) is 9.34. The first-order valence-electron chi connectivity index (χ1n) is 9.34. The molecular weight excluding hydrogens is 360 g/mol. The number of piperidine rings is 1. The maximum atomic E-state index is 12.3. The molecule has 3 aromatic rings. The van der Waals surface area contributed by atoms with E-state index in [0.717, 1.165) is 31.5 Å². The molecular formula is C20H22N4O4. The summed E-state index contributed by atoms with van der Waals surface area (Å²) in [4.78, 5) is 16.6. The van der Waals surface area contributed by atoms with Crippen molar-refractivity contribution in [2.24, 2.45) is 0 Å². The molecule has 1 aliphatic heterocycles. The number of furan rings is 1. The Hall–Kier alpha value is -3.13. The van der Waals surface area contributed by atoms with Crippen molar-refractivity contribution in [1.29, 1.82) is 0 Å². The normalized spacial score (nSPS) is 14.8. The van der Waals surface area contributed by atoms with E-state index in [1.54, 1.807) is 12.3 Å². The highest BCUT2D eigenvalue weighted by Gasteiger charge is 2.19. The third-order valence-electron chi connectivity index (χ3n) is 4.69. The first kappa shape index (κ1) is 18.2. The summed E-state index contributed by atoms with van der Waals surface area (Å²) in [7, 11) is 0. The Kier molecular flexibility index (Phi) is 5.38. The second-order valence-corrected chi connectivity index (χ2v) is 6.70. The highest BCUT2D eigenvalue weighted by Crippen LogP contribution is 2.25. The SMILES string of the molecule is Cc1onc(-c2ccccn2)c1COc1coc(C(=O)NN2CCCCC2)c1. The second kappa shape index (κ2) is 8.26. The summed E-state index contributed by atoms with van der Waals surface area (Å²) in [5, 5.41) is 6.01. The van der Waals surface area contributed by atoms with Gasteiger partial charge in [-0.3, -0.25) is 15.2 Å². The van der Waals surface area contributed by atoms with Gasteiger partial charge in [-0.25, -0.2) is 5.01 Å². The molecule has 0 aromatic carbocycles. The van der Waals surface area contributed by atoms with Gasteiger partial charge in [0.15, 0.2) is 11.5 Å².